The van der Waals surface area contributed by atoms with Crippen LogP contribution in [0, 0.1) is 5.92 Å². The molecule has 0 saturated carbocycles. The Morgan fingerprint density at radius 2 is 1.69 bits per heavy atom. The summed E-state index contributed by atoms with van der Waals surface area (Å²) in [5.74, 6) is 0.743. The summed E-state index contributed by atoms with van der Waals surface area (Å²) in [5.41, 5.74) is 2.46. The van der Waals surface area contributed by atoms with E-state index in [1.165, 1.54) is 0 Å². The normalized spacial score (nSPS) is 12.3. The zero-order valence-corrected chi connectivity index (χ0v) is 15.0. The zero-order chi connectivity index (χ0) is 18.5. The largest absolute Gasteiger partial charge is 0.346 e. The van der Waals surface area contributed by atoms with Gasteiger partial charge in [-0.25, -0.2) is 4.98 Å². The Kier molecular flexibility index (Phi) is 5.46. The van der Waals surface area contributed by atoms with Crippen LogP contribution in [0.1, 0.15) is 48.9 Å². The lowest BCUT2D eigenvalue weighted by Crippen LogP contribution is -2.32. The number of rotatable bonds is 7. The van der Waals surface area contributed by atoms with Gasteiger partial charge >= 0.3 is 0 Å². The van der Waals surface area contributed by atoms with Gasteiger partial charge in [0.15, 0.2) is 5.78 Å². The van der Waals surface area contributed by atoms with E-state index in [0.29, 0.717) is 5.56 Å². The number of para-hydroxylation sites is 2. The molecular formula is C21H23N3O2. The van der Waals surface area contributed by atoms with Gasteiger partial charge in [-0.05, 0) is 18.1 Å². The zero-order valence-electron chi connectivity index (χ0n) is 15.0. The fourth-order valence-corrected chi connectivity index (χ4v) is 2.91. The van der Waals surface area contributed by atoms with Crippen LogP contribution in [0.4, 0.5) is 0 Å². The van der Waals surface area contributed by atoms with E-state index < -0.39 is 0 Å². The first-order valence-corrected chi connectivity index (χ1v) is 8.87. The van der Waals surface area contributed by atoms with Gasteiger partial charge < -0.3 is 10.3 Å². The molecule has 134 valence electrons. The second-order valence-corrected chi connectivity index (χ2v) is 6.72. The number of nitrogens with one attached hydrogen (secondary N) is 2. The topological polar surface area (TPSA) is 74.8 Å². The number of imidazole rings is 1. The summed E-state index contributed by atoms with van der Waals surface area (Å²) >= 11 is 0. The lowest BCUT2D eigenvalue weighted by molar-refractivity contribution is -0.122. The molecular weight excluding hydrogens is 326 g/mol. The van der Waals surface area contributed by atoms with Crippen molar-refractivity contribution in [2.24, 2.45) is 5.92 Å². The van der Waals surface area contributed by atoms with Crippen LogP contribution < -0.4 is 5.32 Å². The lowest BCUT2D eigenvalue weighted by atomic mass is 10.0. The molecule has 1 unspecified atom stereocenters. The first kappa shape index (κ1) is 17.9. The minimum Gasteiger partial charge on any atom is -0.346 e. The maximum absolute atomic E-state index is 12.4. The van der Waals surface area contributed by atoms with E-state index in [9.17, 15) is 9.59 Å². The van der Waals surface area contributed by atoms with Crippen LogP contribution in [0.15, 0.2) is 54.6 Å². The van der Waals surface area contributed by atoms with Gasteiger partial charge in [-0.2, -0.15) is 0 Å². The number of aromatic nitrogens is 2. The third kappa shape index (κ3) is 4.17. The number of aromatic amines is 1. The first-order valence-electron chi connectivity index (χ1n) is 8.87. The fourth-order valence-electron chi connectivity index (χ4n) is 2.91. The van der Waals surface area contributed by atoms with E-state index in [-0.39, 0.29) is 36.5 Å². The molecule has 0 aliphatic rings. The van der Waals surface area contributed by atoms with Crippen molar-refractivity contribution in [3.8, 4) is 0 Å². The Bertz CT molecular complexity index is 867. The summed E-state index contributed by atoms with van der Waals surface area (Å²) in [5, 5.41) is 3.02. The van der Waals surface area contributed by atoms with Gasteiger partial charge in [0.1, 0.15) is 5.82 Å². The highest BCUT2D eigenvalue weighted by Gasteiger charge is 2.22. The number of carbonyl (C=O) groups is 2. The van der Waals surface area contributed by atoms with E-state index in [1.807, 2.05) is 56.3 Å². The molecule has 26 heavy (non-hydrogen) atoms. The van der Waals surface area contributed by atoms with Gasteiger partial charge in [0.05, 0.1) is 17.1 Å². The number of carbonyl (C=O) groups excluding carboxylic acids is 2. The number of H-pyrrole nitrogens is 1. The first-order chi connectivity index (χ1) is 12.5. The predicted octanol–water partition coefficient (Wildman–Crippen LogP) is 4.04. The third-order valence-corrected chi connectivity index (χ3v) is 4.36. The maximum Gasteiger partial charge on any atom is 0.221 e. The molecule has 5 heteroatoms. The molecule has 0 spiro atoms. The van der Waals surface area contributed by atoms with Crippen molar-refractivity contribution in [2.75, 3.05) is 0 Å². The summed E-state index contributed by atoms with van der Waals surface area (Å²) in [7, 11) is 0. The Hall–Kier alpha value is -2.95. The standard InChI is InChI=1S/C21H23N3O2/c1-14(2)20(21-22-16-10-6-7-11-17(16)23-21)24-19(26)13-12-18(25)15-8-4-3-5-9-15/h3-11,14,20H,12-13H2,1-2H3,(H,22,23)(H,24,26). The Balaban J connectivity index is 1.64. The van der Waals surface area contributed by atoms with Crippen LogP contribution in [0.3, 0.4) is 0 Å². The van der Waals surface area contributed by atoms with Crippen molar-refractivity contribution in [1.29, 1.82) is 0 Å². The summed E-state index contributed by atoms with van der Waals surface area (Å²) < 4.78 is 0. The summed E-state index contributed by atoms with van der Waals surface area (Å²) in [4.78, 5) is 32.4. The van der Waals surface area contributed by atoms with Crippen LogP contribution >= 0.6 is 0 Å². The number of Topliss-reactive ketones (excluding diaryl/α,β-unsaturated/α-hetero) is 1. The van der Waals surface area contributed by atoms with Crippen molar-refractivity contribution < 1.29 is 9.59 Å². The Morgan fingerprint density at radius 1 is 1.00 bits per heavy atom. The molecule has 3 rings (SSSR count). The number of hydrogen-bond donors (Lipinski definition) is 2. The Morgan fingerprint density at radius 3 is 2.38 bits per heavy atom. The van der Waals surface area contributed by atoms with E-state index >= 15 is 0 Å². The van der Waals surface area contributed by atoms with Crippen LogP contribution in [0.2, 0.25) is 0 Å². The molecule has 1 amide bonds. The van der Waals surface area contributed by atoms with Gasteiger partial charge in [0.2, 0.25) is 5.91 Å². The molecule has 0 saturated heterocycles. The molecule has 1 atom stereocenters. The van der Waals surface area contributed by atoms with Crippen molar-refractivity contribution in [2.45, 2.75) is 32.7 Å². The average molecular weight is 349 g/mol. The molecule has 3 aromatic rings. The van der Waals surface area contributed by atoms with Gasteiger partial charge in [0.25, 0.3) is 0 Å². The van der Waals surface area contributed by atoms with E-state index in [1.54, 1.807) is 12.1 Å². The second-order valence-electron chi connectivity index (χ2n) is 6.72. The molecule has 0 bridgehead atoms. The molecule has 2 N–H and O–H groups in total. The molecule has 1 aromatic heterocycles. The summed E-state index contributed by atoms with van der Waals surface area (Å²) in [6.45, 7) is 4.07. The minimum atomic E-state index is -0.221. The van der Waals surface area contributed by atoms with Gasteiger partial charge in [-0.3, -0.25) is 9.59 Å². The highest BCUT2D eigenvalue weighted by molar-refractivity contribution is 5.97. The number of ketones is 1. The molecule has 5 nitrogen and oxygen atoms in total. The second kappa shape index (κ2) is 7.95. The van der Waals surface area contributed by atoms with Crippen LogP contribution in [0.25, 0.3) is 11.0 Å². The van der Waals surface area contributed by atoms with Gasteiger partial charge in [-0.15, -0.1) is 0 Å². The Labute approximate surface area is 152 Å². The summed E-state index contributed by atoms with van der Waals surface area (Å²) in [6, 6.07) is 16.6. The van der Waals surface area contributed by atoms with Crippen LogP contribution in [0.5, 0.6) is 0 Å². The number of hydrogen-bond acceptors (Lipinski definition) is 3. The van der Waals surface area contributed by atoms with Crippen LogP contribution in [-0.4, -0.2) is 21.7 Å². The fraction of sp³-hybridized carbons (Fsp3) is 0.286. The van der Waals surface area contributed by atoms with Gasteiger partial charge in [-0.1, -0.05) is 56.3 Å². The quantitative estimate of drug-likeness (QED) is 0.632. The molecule has 0 aliphatic heterocycles. The van der Waals surface area contributed by atoms with Crippen molar-refractivity contribution >= 4 is 22.7 Å². The lowest BCUT2D eigenvalue weighted by Gasteiger charge is -2.20. The number of nitrogens with zero attached hydrogens (tertiary/aromatic N) is 1. The SMILES string of the molecule is CC(C)C(NC(=O)CCC(=O)c1ccccc1)c1nc2ccccc2[nH]1. The van der Waals surface area contributed by atoms with Crippen molar-refractivity contribution in [1.82, 2.24) is 15.3 Å². The number of benzene rings is 2. The highest BCUT2D eigenvalue weighted by Crippen LogP contribution is 2.22. The number of fused-ring (bicyclic) bond motifs is 1. The molecule has 0 fully saturated rings. The van der Waals surface area contributed by atoms with Crippen molar-refractivity contribution in [3.05, 3.63) is 66.0 Å². The summed E-state index contributed by atoms with van der Waals surface area (Å²) in [6.07, 6.45) is 0.359. The third-order valence-electron chi connectivity index (χ3n) is 4.36. The molecule has 0 aliphatic carbocycles. The maximum atomic E-state index is 12.4. The van der Waals surface area contributed by atoms with E-state index in [2.05, 4.69) is 15.3 Å². The van der Waals surface area contributed by atoms with Crippen molar-refractivity contribution in [3.63, 3.8) is 0 Å². The highest BCUT2D eigenvalue weighted by atomic mass is 16.2. The monoisotopic (exact) mass is 349 g/mol. The van der Waals surface area contributed by atoms with Gasteiger partial charge in [0, 0.05) is 18.4 Å². The molecule has 1 heterocycles. The van der Waals surface area contributed by atoms with Crippen LogP contribution in [-0.2, 0) is 4.79 Å². The minimum absolute atomic E-state index is 0.0226. The smallest absolute Gasteiger partial charge is 0.221 e. The molecule has 2 aromatic carbocycles. The van der Waals surface area contributed by atoms with E-state index in [4.69, 9.17) is 0 Å². The number of amides is 1. The molecule has 0 radical (unpaired) electrons. The average Bonchev–Trinajstić information content (AvgIpc) is 3.08. The van der Waals surface area contributed by atoms with E-state index in [0.717, 1.165) is 16.9 Å². The predicted molar refractivity (Wildman–Crippen MR) is 102 cm³/mol.